The Balaban J connectivity index is 1.99. The standard InChI is InChI=1S/C24H16BrF3N2O4/c1-2-33-23-12-15(11-17(14-29)16-4-7-19(25)8-5-16)3-9-22(23)34-21-10-6-18(24(26,27)28)13-20(21)30(31)32/h3-13H,2H2,1H3/b17-11+. The zero-order chi connectivity index (χ0) is 24.9. The van der Waals surface area contributed by atoms with E-state index in [-0.39, 0.29) is 23.9 Å². The molecule has 0 amide bonds. The molecule has 0 N–H and O–H groups in total. The third kappa shape index (κ3) is 5.94. The van der Waals surface area contributed by atoms with E-state index in [9.17, 15) is 28.5 Å². The van der Waals surface area contributed by atoms with Crippen LogP contribution in [0.5, 0.6) is 17.2 Å². The summed E-state index contributed by atoms with van der Waals surface area (Å²) in [6.45, 7) is 1.95. The van der Waals surface area contributed by atoms with Gasteiger partial charge in [-0.2, -0.15) is 18.4 Å². The number of halogens is 4. The molecule has 0 saturated carbocycles. The number of hydrogen-bond acceptors (Lipinski definition) is 5. The predicted molar refractivity (Wildman–Crippen MR) is 123 cm³/mol. The largest absolute Gasteiger partial charge is 0.490 e. The van der Waals surface area contributed by atoms with Crippen molar-refractivity contribution in [3.8, 4) is 23.3 Å². The fourth-order valence-electron chi connectivity index (χ4n) is 2.98. The minimum absolute atomic E-state index is 0.0732. The predicted octanol–water partition coefficient (Wildman–Crippen LogP) is 7.63. The first-order chi connectivity index (χ1) is 16.1. The Bertz CT molecular complexity index is 1280. The Hall–Kier alpha value is -3.84. The van der Waals surface area contributed by atoms with Crippen LogP contribution < -0.4 is 9.47 Å². The van der Waals surface area contributed by atoms with E-state index in [0.29, 0.717) is 28.8 Å². The number of nitro groups is 1. The molecule has 174 valence electrons. The van der Waals surface area contributed by atoms with Gasteiger partial charge in [0, 0.05) is 10.5 Å². The third-order valence-corrected chi connectivity index (χ3v) is 5.09. The van der Waals surface area contributed by atoms with Crippen LogP contribution >= 0.6 is 15.9 Å². The van der Waals surface area contributed by atoms with Crippen LogP contribution in [0.2, 0.25) is 0 Å². The molecule has 0 atom stereocenters. The van der Waals surface area contributed by atoms with Gasteiger partial charge in [-0.1, -0.05) is 34.1 Å². The van der Waals surface area contributed by atoms with Crippen LogP contribution in [0.4, 0.5) is 18.9 Å². The van der Waals surface area contributed by atoms with Crippen molar-refractivity contribution >= 4 is 33.3 Å². The van der Waals surface area contributed by atoms with Crippen molar-refractivity contribution in [2.24, 2.45) is 0 Å². The smallest absolute Gasteiger partial charge is 0.416 e. The zero-order valence-corrected chi connectivity index (χ0v) is 19.2. The highest BCUT2D eigenvalue weighted by Crippen LogP contribution is 2.40. The second kappa shape index (κ2) is 10.4. The normalized spacial score (nSPS) is 11.6. The van der Waals surface area contributed by atoms with Crippen molar-refractivity contribution in [2.75, 3.05) is 6.61 Å². The maximum absolute atomic E-state index is 13.0. The van der Waals surface area contributed by atoms with Gasteiger partial charge in [-0.15, -0.1) is 0 Å². The van der Waals surface area contributed by atoms with Gasteiger partial charge in [-0.3, -0.25) is 10.1 Å². The molecule has 0 aliphatic carbocycles. The van der Waals surface area contributed by atoms with Gasteiger partial charge in [0.2, 0.25) is 5.75 Å². The number of benzene rings is 3. The minimum atomic E-state index is -4.74. The van der Waals surface area contributed by atoms with Crippen molar-refractivity contribution in [2.45, 2.75) is 13.1 Å². The van der Waals surface area contributed by atoms with Gasteiger partial charge in [0.25, 0.3) is 0 Å². The molecule has 0 bridgehead atoms. The van der Waals surface area contributed by atoms with Gasteiger partial charge >= 0.3 is 11.9 Å². The lowest BCUT2D eigenvalue weighted by atomic mass is 10.0. The average Bonchev–Trinajstić information content (AvgIpc) is 2.79. The molecule has 0 radical (unpaired) electrons. The van der Waals surface area contributed by atoms with Gasteiger partial charge in [-0.25, -0.2) is 0 Å². The van der Waals surface area contributed by atoms with Gasteiger partial charge in [0.1, 0.15) is 0 Å². The van der Waals surface area contributed by atoms with E-state index in [1.54, 1.807) is 49.4 Å². The van der Waals surface area contributed by atoms with Crippen LogP contribution in [0.3, 0.4) is 0 Å². The molecular weight excluding hydrogens is 517 g/mol. The SMILES string of the molecule is CCOc1cc(/C=C(\C#N)c2ccc(Br)cc2)ccc1Oc1ccc(C(F)(F)F)cc1[N+](=O)[O-]. The summed E-state index contributed by atoms with van der Waals surface area (Å²) >= 11 is 3.34. The summed E-state index contributed by atoms with van der Waals surface area (Å²) in [5, 5.41) is 20.9. The van der Waals surface area contributed by atoms with Crippen LogP contribution in [-0.2, 0) is 6.18 Å². The summed E-state index contributed by atoms with van der Waals surface area (Å²) in [6.07, 6.45) is -3.10. The molecule has 3 rings (SSSR count). The summed E-state index contributed by atoms with van der Waals surface area (Å²) in [5.74, 6) is -0.0858. The molecule has 34 heavy (non-hydrogen) atoms. The number of hydrogen-bond donors (Lipinski definition) is 0. The van der Waals surface area contributed by atoms with Crippen molar-refractivity contribution in [1.82, 2.24) is 0 Å². The highest BCUT2D eigenvalue weighted by molar-refractivity contribution is 9.10. The highest BCUT2D eigenvalue weighted by Gasteiger charge is 2.33. The number of nitro benzene ring substituents is 1. The van der Waals surface area contributed by atoms with Crippen molar-refractivity contribution in [1.29, 1.82) is 5.26 Å². The molecule has 0 aliphatic rings. The van der Waals surface area contributed by atoms with Crippen LogP contribution in [-0.4, -0.2) is 11.5 Å². The summed E-state index contributed by atoms with van der Waals surface area (Å²) in [5.41, 5.74) is -0.305. The average molecular weight is 533 g/mol. The van der Waals surface area contributed by atoms with E-state index in [1.807, 2.05) is 0 Å². The lowest BCUT2D eigenvalue weighted by Crippen LogP contribution is -2.06. The van der Waals surface area contributed by atoms with E-state index in [4.69, 9.17) is 9.47 Å². The number of nitrogens with zero attached hydrogens (tertiary/aromatic N) is 2. The van der Waals surface area contributed by atoms with E-state index >= 15 is 0 Å². The van der Waals surface area contributed by atoms with Gasteiger partial charge in [0.15, 0.2) is 11.5 Å². The van der Waals surface area contributed by atoms with E-state index in [1.165, 1.54) is 6.07 Å². The lowest BCUT2D eigenvalue weighted by molar-refractivity contribution is -0.385. The van der Waals surface area contributed by atoms with Crippen molar-refractivity contribution < 1.29 is 27.6 Å². The number of nitriles is 1. The Morgan fingerprint density at radius 3 is 2.35 bits per heavy atom. The highest BCUT2D eigenvalue weighted by atomic mass is 79.9. The fourth-order valence-corrected chi connectivity index (χ4v) is 3.25. The molecule has 0 fully saturated rings. The van der Waals surface area contributed by atoms with Crippen LogP contribution in [0.1, 0.15) is 23.6 Å². The molecule has 3 aromatic rings. The topological polar surface area (TPSA) is 85.4 Å². The number of allylic oxidation sites excluding steroid dienone is 1. The second-order valence-electron chi connectivity index (χ2n) is 6.86. The monoisotopic (exact) mass is 532 g/mol. The molecule has 0 unspecified atom stereocenters. The van der Waals surface area contributed by atoms with E-state index in [2.05, 4.69) is 22.0 Å². The quantitative estimate of drug-likeness (QED) is 0.135. The van der Waals surface area contributed by atoms with Crippen molar-refractivity contribution in [3.05, 3.63) is 91.9 Å². The number of alkyl halides is 3. The Morgan fingerprint density at radius 2 is 1.76 bits per heavy atom. The lowest BCUT2D eigenvalue weighted by Gasteiger charge is -2.14. The molecule has 0 aliphatic heterocycles. The van der Waals surface area contributed by atoms with Gasteiger partial charge in [-0.05, 0) is 60.5 Å². The molecule has 3 aromatic carbocycles. The van der Waals surface area contributed by atoms with E-state index < -0.39 is 22.4 Å². The Kier molecular flexibility index (Phi) is 7.58. The fraction of sp³-hybridized carbons (Fsp3) is 0.125. The van der Waals surface area contributed by atoms with E-state index in [0.717, 1.165) is 10.5 Å². The molecule has 6 nitrogen and oxygen atoms in total. The zero-order valence-electron chi connectivity index (χ0n) is 17.6. The molecule has 0 saturated heterocycles. The van der Waals surface area contributed by atoms with Crippen LogP contribution in [0.15, 0.2) is 65.1 Å². The summed E-state index contributed by atoms with van der Waals surface area (Å²) in [4.78, 5) is 10.4. The second-order valence-corrected chi connectivity index (χ2v) is 7.77. The van der Waals surface area contributed by atoms with Crippen molar-refractivity contribution in [3.63, 3.8) is 0 Å². The molecular formula is C24H16BrF3N2O4. The van der Waals surface area contributed by atoms with Gasteiger partial charge < -0.3 is 9.47 Å². The maximum Gasteiger partial charge on any atom is 0.416 e. The molecule has 0 spiro atoms. The summed E-state index contributed by atoms with van der Waals surface area (Å²) < 4.78 is 50.9. The molecule has 10 heteroatoms. The van der Waals surface area contributed by atoms with Crippen LogP contribution in [0.25, 0.3) is 11.6 Å². The first kappa shape index (κ1) is 24.8. The summed E-state index contributed by atoms with van der Waals surface area (Å²) in [6, 6.07) is 16.0. The van der Waals surface area contributed by atoms with Crippen LogP contribution in [0, 0.1) is 21.4 Å². The first-order valence-corrected chi connectivity index (χ1v) is 10.6. The molecule has 0 aromatic heterocycles. The number of rotatable bonds is 7. The molecule has 0 heterocycles. The Morgan fingerprint density at radius 1 is 1.09 bits per heavy atom. The minimum Gasteiger partial charge on any atom is -0.490 e. The number of ether oxygens (including phenoxy) is 2. The Labute approximate surface area is 201 Å². The summed E-state index contributed by atoms with van der Waals surface area (Å²) in [7, 11) is 0. The maximum atomic E-state index is 13.0. The van der Waals surface area contributed by atoms with Gasteiger partial charge in [0.05, 0.1) is 28.7 Å². The third-order valence-electron chi connectivity index (χ3n) is 4.56. The first-order valence-electron chi connectivity index (χ1n) is 9.80.